The highest BCUT2D eigenvalue weighted by Crippen LogP contribution is 2.13. The van der Waals surface area contributed by atoms with Crippen LogP contribution in [0.15, 0.2) is 24.3 Å². The van der Waals surface area contributed by atoms with Crippen LogP contribution in [0.2, 0.25) is 0 Å². The van der Waals surface area contributed by atoms with Crippen LogP contribution in [-0.4, -0.2) is 38.1 Å². The first kappa shape index (κ1) is 11.5. The number of amides is 1. The van der Waals surface area contributed by atoms with Gasteiger partial charge in [0.2, 0.25) is 0 Å². The molecule has 82 valence electrons. The van der Waals surface area contributed by atoms with Crippen LogP contribution in [-0.2, 0) is 0 Å². The number of rotatable bonds is 4. The summed E-state index contributed by atoms with van der Waals surface area (Å²) in [6.07, 6.45) is 0. The van der Waals surface area contributed by atoms with Crippen molar-refractivity contribution in [3.63, 3.8) is 0 Å². The molecule has 0 aliphatic rings. The minimum Gasteiger partial charge on any atom is -0.497 e. The smallest absolute Gasteiger partial charge is 0.253 e. The zero-order valence-electron chi connectivity index (χ0n) is 9.06. The summed E-state index contributed by atoms with van der Waals surface area (Å²) in [6, 6.07) is 7.08. The highest BCUT2D eigenvalue weighted by Gasteiger charge is 2.10. The lowest BCUT2D eigenvalue weighted by molar-refractivity contribution is 0.0798. The predicted octanol–water partition coefficient (Wildman–Crippen LogP) is 0.726. The van der Waals surface area contributed by atoms with E-state index in [0.29, 0.717) is 24.4 Å². The molecule has 0 aliphatic carbocycles. The molecule has 0 radical (unpaired) electrons. The molecule has 1 amide bonds. The zero-order chi connectivity index (χ0) is 11.3. The number of hydrogen-bond donors (Lipinski definition) is 1. The fourth-order valence-corrected chi connectivity index (χ4v) is 1.27. The average molecular weight is 208 g/mol. The van der Waals surface area contributed by atoms with E-state index in [4.69, 9.17) is 10.5 Å². The fourth-order valence-electron chi connectivity index (χ4n) is 1.27. The van der Waals surface area contributed by atoms with E-state index < -0.39 is 0 Å². The summed E-state index contributed by atoms with van der Waals surface area (Å²) >= 11 is 0. The maximum absolute atomic E-state index is 11.8. The Morgan fingerprint density at radius 3 is 2.87 bits per heavy atom. The topological polar surface area (TPSA) is 55.6 Å². The highest BCUT2D eigenvalue weighted by atomic mass is 16.5. The molecule has 0 bridgehead atoms. The second-order valence-electron chi connectivity index (χ2n) is 3.25. The molecule has 0 fully saturated rings. The SMILES string of the molecule is COc1cccc(C(=O)N(C)CCN)c1. The van der Waals surface area contributed by atoms with E-state index in [1.165, 1.54) is 0 Å². The van der Waals surface area contributed by atoms with Gasteiger partial charge in [-0.1, -0.05) is 6.07 Å². The second kappa shape index (κ2) is 5.36. The number of methoxy groups -OCH3 is 1. The number of hydrogen-bond acceptors (Lipinski definition) is 3. The summed E-state index contributed by atoms with van der Waals surface area (Å²) in [4.78, 5) is 13.4. The molecule has 0 aliphatic heterocycles. The van der Waals surface area contributed by atoms with Crippen molar-refractivity contribution in [2.45, 2.75) is 0 Å². The van der Waals surface area contributed by atoms with Crippen molar-refractivity contribution in [2.24, 2.45) is 5.73 Å². The molecular weight excluding hydrogens is 192 g/mol. The molecule has 0 heterocycles. The van der Waals surface area contributed by atoms with Crippen molar-refractivity contribution in [3.8, 4) is 5.75 Å². The first-order valence-electron chi connectivity index (χ1n) is 4.78. The number of nitrogens with zero attached hydrogens (tertiary/aromatic N) is 1. The van der Waals surface area contributed by atoms with E-state index in [9.17, 15) is 4.79 Å². The van der Waals surface area contributed by atoms with Crippen LogP contribution in [0.5, 0.6) is 5.75 Å². The highest BCUT2D eigenvalue weighted by molar-refractivity contribution is 5.94. The fraction of sp³-hybridized carbons (Fsp3) is 0.364. The summed E-state index contributed by atoms with van der Waals surface area (Å²) in [7, 11) is 3.31. The van der Waals surface area contributed by atoms with Crippen LogP contribution >= 0.6 is 0 Å². The Balaban J connectivity index is 2.81. The largest absolute Gasteiger partial charge is 0.497 e. The van der Waals surface area contributed by atoms with Crippen LogP contribution in [0.1, 0.15) is 10.4 Å². The van der Waals surface area contributed by atoms with Crippen LogP contribution in [0.25, 0.3) is 0 Å². The number of nitrogens with two attached hydrogens (primary N) is 1. The second-order valence-corrected chi connectivity index (χ2v) is 3.25. The van der Waals surface area contributed by atoms with Crippen molar-refractivity contribution in [2.75, 3.05) is 27.2 Å². The van der Waals surface area contributed by atoms with E-state index in [0.717, 1.165) is 0 Å². The number of carbonyl (C=O) groups excluding carboxylic acids is 1. The molecule has 0 saturated heterocycles. The van der Waals surface area contributed by atoms with E-state index in [-0.39, 0.29) is 5.91 Å². The molecule has 0 spiro atoms. The van der Waals surface area contributed by atoms with Gasteiger partial charge in [-0.25, -0.2) is 0 Å². The third-order valence-corrected chi connectivity index (χ3v) is 2.13. The van der Waals surface area contributed by atoms with Crippen molar-refractivity contribution in [3.05, 3.63) is 29.8 Å². The Labute approximate surface area is 89.6 Å². The number of benzene rings is 1. The number of likely N-dealkylation sites (N-methyl/N-ethyl adjacent to an activating group) is 1. The van der Waals surface area contributed by atoms with E-state index in [1.54, 1.807) is 43.3 Å². The van der Waals surface area contributed by atoms with Gasteiger partial charge in [0.05, 0.1) is 7.11 Å². The lowest BCUT2D eigenvalue weighted by atomic mass is 10.2. The molecule has 1 aromatic rings. The zero-order valence-corrected chi connectivity index (χ0v) is 9.06. The lowest BCUT2D eigenvalue weighted by Gasteiger charge is -2.16. The third-order valence-electron chi connectivity index (χ3n) is 2.13. The van der Waals surface area contributed by atoms with Crippen molar-refractivity contribution < 1.29 is 9.53 Å². The summed E-state index contributed by atoms with van der Waals surface area (Å²) in [5, 5.41) is 0. The molecule has 15 heavy (non-hydrogen) atoms. The van der Waals surface area contributed by atoms with Gasteiger partial charge in [0.25, 0.3) is 5.91 Å². The van der Waals surface area contributed by atoms with Gasteiger partial charge in [0.1, 0.15) is 5.75 Å². The summed E-state index contributed by atoms with van der Waals surface area (Å²) in [5.41, 5.74) is 6.00. The van der Waals surface area contributed by atoms with Gasteiger partial charge in [-0.05, 0) is 18.2 Å². The van der Waals surface area contributed by atoms with Crippen LogP contribution in [0, 0.1) is 0 Å². The number of ether oxygens (including phenoxy) is 1. The molecule has 0 aromatic heterocycles. The van der Waals surface area contributed by atoms with E-state index >= 15 is 0 Å². The normalized spacial score (nSPS) is 9.80. The molecule has 1 aromatic carbocycles. The van der Waals surface area contributed by atoms with Gasteiger partial charge in [-0.2, -0.15) is 0 Å². The molecule has 0 atom stereocenters. The quantitative estimate of drug-likeness (QED) is 0.793. The Hall–Kier alpha value is -1.55. The maximum atomic E-state index is 11.8. The minimum absolute atomic E-state index is 0.0423. The van der Waals surface area contributed by atoms with Gasteiger partial charge in [-0.15, -0.1) is 0 Å². The van der Waals surface area contributed by atoms with Crippen molar-refractivity contribution >= 4 is 5.91 Å². The predicted molar refractivity (Wildman–Crippen MR) is 59.0 cm³/mol. The molecular formula is C11H16N2O2. The van der Waals surface area contributed by atoms with Crippen LogP contribution < -0.4 is 10.5 Å². The summed E-state index contributed by atoms with van der Waals surface area (Å²) in [5.74, 6) is 0.640. The summed E-state index contributed by atoms with van der Waals surface area (Å²) < 4.78 is 5.05. The molecule has 4 nitrogen and oxygen atoms in total. The van der Waals surface area contributed by atoms with Crippen molar-refractivity contribution in [1.29, 1.82) is 0 Å². The Bertz CT molecular complexity index is 339. The van der Waals surface area contributed by atoms with Crippen LogP contribution in [0.3, 0.4) is 0 Å². The van der Waals surface area contributed by atoms with Gasteiger partial charge >= 0.3 is 0 Å². The minimum atomic E-state index is -0.0423. The molecule has 0 saturated carbocycles. The molecule has 4 heteroatoms. The van der Waals surface area contributed by atoms with Crippen molar-refractivity contribution in [1.82, 2.24) is 4.90 Å². The monoisotopic (exact) mass is 208 g/mol. The Kier molecular flexibility index (Phi) is 4.12. The van der Waals surface area contributed by atoms with Gasteiger partial charge in [-0.3, -0.25) is 4.79 Å². The number of carbonyl (C=O) groups is 1. The van der Waals surface area contributed by atoms with Gasteiger partial charge < -0.3 is 15.4 Å². The van der Waals surface area contributed by atoms with Gasteiger partial charge in [0.15, 0.2) is 0 Å². The first-order valence-corrected chi connectivity index (χ1v) is 4.78. The van der Waals surface area contributed by atoms with E-state index in [2.05, 4.69) is 0 Å². The Morgan fingerprint density at radius 2 is 2.27 bits per heavy atom. The first-order chi connectivity index (χ1) is 7.19. The average Bonchev–Trinajstić information content (AvgIpc) is 2.28. The standard InChI is InChI=1S/C11H16N2O2/c1-13(7-6-12)11(14)9-4-3-5-10(8-9)15-2/h3-5,8H,6-7,12H2,1-2H3. The Morgan fingerprint density at radius 1 is 1.53 bits per heavy atom. The molecule has 0 unspecified atom stereocenters. The maximum Gasteiger partial charge on any atom is 0.253 e. The molecule has 2 N–H and O–H groups in total. The summed E-state index contributed by atoms with van der Waals surface area (Å²) in [6.45, 7) is 1.02. The van der Waals surface area contributed by atoms with E-state index in [1.807, 2.05) is 0 Å². The van der Waals surface area contributed by atoms with Gasteiger partial charge in [0, 0.05) is 25.7 Å². The van der Waals surface area contributed by atoms with Crippen LogP contribution in [0.4, 0.5) is 0 Å². The lowest BCUT2D eigenvalue weighted by Crippen LogP contribution is -2.31. The third kappa shape index (κ3) is 2.95. The molecule has 1 rings (SSSR count).